The molecule has 0 unspecified atom stereocenters. The van der Waals surface area contributed by atoms with E-state index in [2.05, 4.69) is 0 Å². The van der Waals surface area contributed by atoms with Crippen LogP contribution in [0.3, 0.4) is 0 Å². The smallest absolute Gasteiger partial charge is 0.208 e. The van der Waals surface area contributed by atoms with Gasteiger partial charge in [0.2, 0.25) is 9.84 Å². The van der Waals surface area contributed by atoms with Gasteiger partial charge in [0.25, 0.3) is 0 Å². The van der Waals surface area contributed by atoms with Crippen molar-refractivity contribution in [1.29, 1.82) is 0 Å². The maximum absolute atomic E-state index is 13.4. The third-order valence-electron chi connectivity index (χ3n) is 3.41. The molecule has 0 aliphatic carbocycles. The fourth-order valence-corrected chi connectivity index (χ4v) is 3.84. The first kappa shape index (κ1) is 16.4. The Morgan fingerprint density at radius 2 is 1.50 bits per heavy atom. The van der Waals surface area contributed by atoms with Crippen LogP contribution < -0.4 is 4.90 Å². The van der Waals surface area contributed by atoms with E-state index in [1.165, 1.54) is 6.07 Å². The van der Waals surface area contributed by atoms with Gasteiger partial charge in [0.05, 0.1) is 15.5 Å². The topological polar surface area (TPSA) is 37.4 Å². The molecule has 0 aliphatic rings. The molecule has 0 saturated carbocycles. The number of rotatable bonds is 5. The fourth-order valence-electron chi connectivity index (χ4n) is 2.32. The molecule has 2 aromatic carbocycles. The second-order valence-electron chi connectivity index (χ2n) is 4.75. The molecule has 3 nitrogen and oxygen atoms in total. The highest BCUT2D eigenvalue weighted by molar-refractivity contribution is 7.91. The van der Waals surface area contributed by atoms with Gasteiger partial charge < -0.3 is 4.90 Å². The maximum Gasteiger partial charge on any atom is 0.208 e. The van der Waals surface area contributed by atoms with Crippen LogP contribution in [0.4, 0.5) is 14.5 Å². The number of sulfone groups is 1. The van der Waals surface area contributed by atoms with E-state index in [9.17, 15) is 17.2 Å². The average molecular weight is 325 g/mol. The van der Waals surface area contributed by atoms with Gasteiger partial charge in [-0.05, 0) is 38.1 Å². The third kappa shape index (κ3) is 3.11. The first-order valence-corrected chi connectivity index (χ1v) is 8.43. The lowest BCUT2D eigenvalue weighted by Gasteiger charge is -2.23. The largest absolute Gasteiger partial charge is 0.371 e. The lowest BCUT2D eigenvalue weighted by atomic mass is 10.3. The zero-order valence-electron chi connectivity index (χ0n) is 12.4. The second kappa shape index (κ2) is 6.44. The summed E-state index contributed by atoms with van der Waals surface area (Å²) in [5, 5.41) is 0. The van der Waals surface area contributed by atoms with E-state index < -0.39 is 21.5 Å². The molecule has 0 bridgehead atoms. The third-order valence-corrected chi connectivity index (χ3v) is 5.19. The highest BCUT2D eigenvalue weighted by Crippen LogP contribution is 2.30. The summed E-state index contributed by atoms with van der Waals surface area (Å²) >= 11 is 0. The molecule has 0 spiro atoms. The van der Waals surface area contributed by atoms with E-state index >= 15 is 0 Å². The molecule has 6 heteroatoms. The van der Waals surface area contributed by atoms with Crippen molar-refractivity contribution in [2.24, 2.45) is 0 Å². The summed E-state index contributed by atoms with van der Waals surface area (Å²) in [6.07, 6.45) is 0. The van der Waals surface area contributed by atoms with E-state index in [4.69, 9.17) is 0 Å². The Kier molecular flexibility index (Phi) is 4.81. The Morgan fingerprint density at radius 3 is 2.05 bits per heavy atom. The van der Waals surface area contributed by atoms with Gasteiger partial charge >= 0.3 is 0 Å². The average Bonchev–Trinajstić information content (AvgIpc) is 2.48. The zero-order valence-corrected chi connectivity index (χ0v) is 13.2. The van der Waals surface area contributed by atoms with Crippen molar-refractivity contribution in [2.45, 2.75) is 23.6 Å². The standard InChI is InChI=1S/C16H17F2NO2S/c1-3-19(4-2)15-7-5-6-8-16(15)22(20,21)14-10-12(17)9-13(18)11-14/h5-11H,3-4H2,1-2H3. The van der Waals surface area contributed by atoms with E-state index in [0.717, 1.165) is 12.1 Å². The summed E-state index contributed by atoms with van der Waals surface area (Å²) in [4.78, 5) is 1.54. The minimum absolute atomic E-state index is 0.0451. The van der Waals surface area contributed by atoms with Crippen LogP contribution in [0.1, 0.15) is 13.8 Å². The maximum atomic E-state index is 13.4. The second-order valence-corrected chi connectivity index (χ2v) is 6.67. The van der Waals surface area contributed by atoms with Crippen molar-refractivity contribution in [2.75, 3.05) is 18.0 Å². The highest BCUT2D eigenvalue weighted by Gasteiger charge is 2.24. The Morgan fingerprint density at radius 1 is 0.955 bits per heavy atom. The van der Waals surface area contributed by atoms with Crippen molar-refractivity contribution in [3.63, 3.8) is 0 Å². The summed E-state index contributed by atoms with van der Waals surface area (Å²) in [7, 11) is -4.00. The number of halogens is 2. The number of hydrogen-bond donors (Lipinski definition) is 0. The number of benzene rings is 2. The molecule has 0 atom stereocenters. The van der Waals surface area contributed by atoms with Crippen molar-refractivity contribution in [3.8, 4) is 0 Å². The van der Waals surface area contributed by atoms with Gasteiger partial charge in [0.1, 0.15) is 11.6 Å². The minimum Gasteiger partial charge on any atom is -0.371 e. The summed E-state index contributed by atoms with van der Waals surface area (Å²) in [6.45, 7) is 5.07. The van der Waals surface area contributed by atoms with Gasteiger partial charge in [0.15, 0.2) is 0 Å². The number of para-hydroxylation sites is 1. The van der Waals surface area contributed by atoms with Gasteiger partial charge in [-0.15, -0.1) is 0 Å². The van der Waals surface area contributed by atoms with Crippen LogP contribution in [0.2, 0.25) is 0 Å². The molecule has 0 aliphatic heterocycles. The molecular formula is C16H17F2NO2S. The molecule has 2 aromatic rings. The molecule has 0 N–H and O–H groups in total. The zero-order chi connectivity index (χ0) is 16.3. The molecule has 0 saturated heterocycles. The Balaban J connectivity index is 2.64. The van der Waals surface area contributed by atoms with E-state index in [1.54, 1.807) is 18.2 Å². The summed E-state index contributed by atoms with van der Waals surface area (Å²) in [6, 6.07) is 8.78. The first-order chi connectivity index (χ1) is 10.4. The summed E-state index contributed by atoms with van der Waals surface area (Å²) in [5.74, 6) is -1.84. The molecule has 2 rings (SSSR count). The van der Waals surface area contributed by atoms with E-state index in [1.807, 2.05) is 18.7 Å². The monoisotopic (exact) mass is 325 g/mol. The van der Waals surface area contributed by atoms with Gasteiger partial charge in [-0.25, -0.2) is 17.2 Å². The molecule has 0 amide bonds. The van der Waals surface area contributed by atoms with Crippen molar-refractivity contribution < 1.29 is 17.2 Å². The minimum atomic E-state index is -4.00. The van der Waals surface area contributed by atoms with Crippen LogP contribution in [-0.4, -0.2) is 21.5 Å². The molecule has 22 heavy (non-hydrogen) atoms. The number of anilines is 1. The highest BCUT2D eigenvalue weighted by atomic mass is 32.2. The SMILES string of the molecule is CCN(CC)c1ccccc1S(=O)(=O)c1cc(F)cc(F)c1. The molecule has 0 radical (unpaired) electrons. The Bertz CT molecular complexity index is 751. The van der Waals surface area contributed by atoms with Crippen LogP contribution in [-0.2, 0) is 9.84 Å². The lowest BCUT2D eigenvalue weighted by Crippen LogP contribution is -2.24. The predicted octanol–water partition coefficient (Wildman–Crippen LogP) is 3.64. The van der Waals surface area contributed by atoms with Gasteiger partial charge in [0, 0.05) is 19.2 Å². The van der Waals surface area contributed by atoms with Gasteiger partial charge in [-0.3, -0.25) is 0 Å². The van der Waals surface area contributed by atoms with Crippen LogP contribution in [0.15, 0.2) is 52.3 Å². The Labute approximate surface area is 129 Å². The Hall–Kier alpha value is -1.95. The summed E-state index contributed by atoms with van der Waals surface area (Å²) < 4.78 is 52.2. The molecule has 118 valence electrons. The van der Waals surface area contributed by atoms with Crippen LogP contribution >= 0.6 is 0 Å². The lowest BCUT2D eigenvalue weighted by molar-refractivity contribution is 0.567. The number of nitrogens with zero attached hydrogens (tertiary/aromatic N) is 1. The van der Waals surface area contributed by atoms with Crippen molar-refractivity contribution >= 4 is 15.5 Å². The van der Waals surface area contributed by atoms with Crippen LogP contribution in [0.25, 0.3) is 0 Å². The van der Waals surface area contributed by atoms with E-state index in [0.29, 0.717) is 24.8 Å². The van der Waals surface area contributed by atoms with Crippen molar-refractivity contribution in [1.82, 2.24) is 0 Å². The van der Waals surface area contributed by atoms with Crippen LogP contribution in [0, 0.1) is 11.6 Å². The quantitative estimate of drug-likeness (QED) is 0.842. The molecule has 0 fully saturated rings. The normalized spacial score (nSPS) is 11.5. The molecule has 0 heterocycles. The molecule has 0 aromatic heterocycles. The first-order valence-electron chi connectivity index (χ1n) is 6.95. The van der Waals surface area contributed by atoms with Gasteiger partial charge in [-0.2, -0.15) is 0 Å². The van der Waals surface area contributed by atoms with Gasteiger partial charge in [-0.1, -0.05) is 12.1 Å². The molecular weight excluding hydrogens is 308 g/mol. The van der Waals surface area contributed by atoms with E-state index in [-0.39, 0.29) is 9.79 Å². The van der Waals surface area contributed by atoms with Crippen LogP contribution in [0.5, 0.6) is 0 Å². The van der Waals surface area contributed by atoms with Crippen molar-refractivity contribution in [3.05, 3.63) is 54.1 Å². The predicted molar refractivity (Wildman–Crippen MR) is 81.8 cm³/mol. The number of hydrogen-bond acceptors (Lipinski definition) is 3. The fraction of sp³-hybridized carbons (Fsp3) is 0.250. The summed E-state index contributed by atoms with van der Waals surface area (Å²) in [5.41, 5.74) is 0.525.